The molecule has 1 aliphatic rings. The van der Waals surface area contributed by atoms with Gasteiger partial charge in [-0.1, -0.05) is 19.9 Å². The van der Waals surface area contributed by atoms with Crippen molar-refractivity contribution in [3.63, 3.8) is 0 Å². The van der Waals surface area contributed by atoms with Crippen molar-refractivity contribution in [2.75, 3.05) is 25.1 Å². The summed E-state index contributed by atoms with van der Waals surface area (Å²) in [4.78, 5) is 11.2. The van der Waals surface area contributed by atoms with Crippen molar-refractivity contribution in [2.24, 2.45) is 5.41 Å². The molecule has 0 spiro atoms. The zero-order chi connectivity index (χ0) is 13.9. The molecule has 1 aliphatic heterocycles. The molecule has 5 heteroatoms. The maximum atomic E-state index is 11.2. The number of carbonyl (C=O) groups is 1. The number of fused-ring (bicyclic) bond motifs is 1. The van der Waals surface area contributed by atoms with Gasteiger partial charge in [0.25, 0.3) is 5.91 Å². The molecule has 0 saturated heterocycles. The summed E-state index contributed by atoms with van der Waals surface area (Å²) in [6.07, 6.45) is 0. The van der Waals surface area contributed by atoms with Crippen LogP contribution >= 0.6 is 0 Å². The summed E-state index contributed by atoms with van der Waals surface area (Å²) in [6.45, 7) is 5.64. The van der Waals surface area contributed by atoms with Crippen molar-refractivity contribution < 1.29 is 14.6 Å². The summed E-state index contributed by atoms with van der Waals surface area (Å²) >= 11 is 0. The van der Waals surface area contributed by atoms with E-state index >= 15 is 0 Å². The molecule has 3 N–H and O–H groups in total. The van der Waals surface area contributed by atoms with Crippen LogP contribution in [0.25, 0.3) is 0 Å². The Morgan fingerprint density at radius 1 is 1.47 bits per heavy atom. The second-order valence-corrected chi connectivity index (χ2v) is 5.59. The zero-order valence-electron chi connectivity index (χ0n) is 11.3. The minimum absolute atomic E-state index is 0.0787. The lowest BCUT2D eigenvalue weighted by Crippen LogP contribution is -2.32. The van der Waals surface area contributed by atoms with E-state index < -0.39 is 0 Å². The van der Waals surface area contributed by atoms with E-state index in [2.05, 4.69) is 10.6 Å². The number of carbonyl (C=O) groups excluding carboxylic acids is 1. The molecule has 0 unspecified atom stereocenters. The van der Waals surface area contributed by atoms with Gasteiger partial charge in [0.1, 0.15) is 5.75 Å². The lowest BCUT2D eigenvalue weighted by atomic mass is 9.95. The van der Waals surface area contributed by atoms with Crippen molar-refractivity contribution in [3.8, 4) is 5.75 Å². The molecule has 104 valence electrons. The zero-order valence-corrected chi connectivity index (χ0v) is 11.3. The molecular weight excluding hydrogens is 244 g/mol. The van der Waals surface area contributed by atoms with Gasteiger partial charge >= 0.3 is 0 Å². The normalized spacial score (nSPS) is 14.6. The van der Waals surface area contributed by atoms with Gasteiger partial charge in [0.2, 0.25) is 0 Å². The smallest absolute Gasteiger partial charge is 0.262 e. The van der Waals surface area contributed by atoms with Crippen LogP contribution in [-0.2, 0) is 11.3 Å². The summed E-state index contributed by atoms with van der Waals surface area (Å²) in [5, 5.41) is 15.3. The Hall–Kier alpha value is -1.59. The number of benzene rings is 1. The average Bonchev–Trinajstić information content (AvgIpc) is 2.38. The lowest BCUT2D eigenvalue weighted by molar-refractivity contribution is -0.118. The third-order valence-electron chi connectivity index (χ3n) is 3.04. The minimum atomic E-state index is -0.133. The summed E-state index contributed by atoms with van der Waals surface area (Å²) in [6, 6.07) is 5.74. The number of nitrogens with one attached hydrogen (secondary N) is 2. The summed E-state index contributed by atoms with van der Waals surface area (Å²) in [5.41, 5.74) is 1.65. The van der Waals surface area contributed by atoms with Crippen LogP contribution in [0, 0.1) is 5.41 Å². The minimum Gasteiger partial charge on any atom is -0.482 e. The number of amides is 1. The molecule has 19 heavy (non-hydrogen) atoms. The number of hydrogen-bond acceptors (Lipinski definition) is 4. The molecule has 0 aromatic heterocycles. The monoisotopic (exact) mass is 264 g/mol. The predicted molar refractivity (Wildman–Crippen MR) is 73.1 cm³/mol. The molecule has 0 radical (unpaired) electrons. The average molecular weight is 264 g/mol. The van der Waals surface area contributed by atoms with Gasteiger partial charge in [0, 0.05) is 25.1 Å². The number of hydrogen-bond donors (Lipinski definition) is 3. The van der Waals surface area contributed by atoms with Crippen molar-refractivity contribution in [1.29, 1.82) is 0 Å². The Morgan fingerprint density at radius 2 is 2.26 bits per heavy atom. The van der Waals surface area contributed by atoms with Gasteiger partial charge in [0.15, 0.2) is 6.61 Å². The highest BCUT2D eigenvalue weighted by molar-refractivity contribution is 5.95. The Morgan fingerprint density at radius 3 is 3.00 bits per heavy atom. The van der Waals surface area contributed by atoms with Crippen LogP contribution in [0.2, 0.25) is 0 Å². The number of anilines is 1. The van der Waals surface area contributed by atoms with Crippen LogP contribution in [0.5, 0.6) is 5.75 Å². The molecule has 0 atom stereocenters. The van der Waals surface area contributed by atoms with E-state index in [4.69, 9.17) is 4.74 Å². The maximum Gasteiger partial charge on any atom is 0.262 e. The SMILES string of the molecule is CC(C)(CO)CNCc1ccc2c(c1)NC(=O)CO2. The third kappa shape index (κ3) is 3.68. The number of ether oxygens (including phenoxy) is 1. The van der Waals surface area contributed by atoms with Crippen LogP contribution in [0.4, 0.5) is 5.69 Å². The van der Waals surface area contributed by atoms with Crippen molar-refractivity contribution in [3.05, 3.63) is 23.8 Å². The molecular formula is C14H20N2O3. The first-order chi connectivity index (χ1) is 9.00. The van der Waals surface area contributed by atoms with Crippen LogP contribution in [0.1, 0.15) is 19.4 Å². The van der Waals surface area contributed by atoms with Gasteiger partial charge in [-0.3, -0.25) is 4.79 Å². The van der Waals surface area contributed by atoms with Crippen molar-refractivity contribution >= 4 is 11.6 Å². The molecule has 0 fully saturated rings. The number of aliphatic hydroxyl groups excluding tert-OH is 1. The number of rotatable bonds is 5. The largest absolute Gasteiger partial charge is 0.482 e. The lowest BCUT2D eigenvalue weighted by Gasteiger charge is -2.22. The predicted octanol–water partition coefficient (Wildman–Crippen LogP) is 1.13. The van der Waals surface area contributed by atoms with Gasteiger partial charge in [-0.05, 0) is 17.7 Å². The third-order valence-corrected chi connectivity index (χ3v) is 3.04. The standard InChI is InChI=1S/C14H20N2O3/c1-14(2,9-17)8-15-6-10-3-4-12-11(5-10)16-13(18)7-19-12/h3-5,15,17H,6-9H2,1-2H3,(H,16,18). The Balaban J connectivity index is 1.95. The molecule has 1 aromatic carbocycles. The van der Waals surface area contributed by atoms with E-state index in [1.54, 1.807) is 0 Å². The van der Waals surface area contributed by atoms with Gasteiger partial charge < -0.3 is 20.5 Å². The van der Waals surface area contributed by atoms with E-state index in [9.17, 15) is 9.90 Å². The Bertz CT molecular complexity index is 472. The second kappa shape index (κ2) is 5.59. The van der Waals surface area contributed by atoms with E-state index in [0.717, 1.165) is 17.8 Å². The highest BCUT2D eigenvalue weighted by atomic mass is 16.5. The molecule has 1 heterocycles. The van der Waals surface area contributed by atoms with Gasteiger partial charge in [0.05, 0.1) is 5.69 Å². The first kappa shape index (κ1) is 13.8. The van der Waals surface area contributed by atoms with E-state index in [-0.39, 0.29) is 24.5 Å². The van der Waals surface area contributed by atoms with Crippen LogP contribution < -0.4 is 15.4 Å². The van der Waals surface area contributed by atoms with Crippen molar-refractivity contribution in [2.45, 2.75) is 20.4 Å². The molecule has 0 bridgehead atoms. The fraction of sp³-hybridized carbons (Fsp3) is 0.500. The summed E-state index contributed by atoms with van der Waals surface area (Å²) in [7, 11) is 0. The highest BCUT2D eigenvalue weighted by Gasteiger charge is 2.17. The van der Waals surface area contributed by atoms with E-state index in [1.165, 1.54) is 0 Å². The quantitative estimate of drug-likeness (QED) is 0.745. The Labute approximate surface area is 113 Å². The molecule has 0 aliphatic carbocycles. The highest BCUT2D eigenvalue weighted by Crippen LogP contribution is 2.28. The van der Waals surface area contributed by atoms with Crippen molar-refractivity contribution in [1.82, 2.24) is 5.32 Å². The van der Waals surface area contributed by atoms with Crippen LogP contribution in [-0.4, -0.2) is 30.8 Å². The molecule has 2 rings (SSSR count). The van der Waals surface area contributed by atoms with Crippen LogP contribution in [0.3, 0.4) is 0 Å². The Kier molecular flexibility index (Phi) is 4.07. The fourth-order valence-corrected chi connectivity index (χ4v) is 1.84. The van der Waals surface area contributed by atoms with Gasteiger partial charge in [-0.2, -0.15) is 0 Å². The van der Waals surface area contributed by atoms with E-state index in [1.807, 2.05) is 32.0 Å². The summed E-state index contributed by atoms with van der Waals surface area (Å²) < 4.78 is 5.30. The number of aliphatic hydroxyl groups is 1. The van der Waals surface area contributed by atoms with Gasteiger partial charge in [-0.15, -0.1) is 0 Å². The second-order valence-electron chi connectivity index (χ2n) is 5.59. The van der Waals surface area contributed by atoms with Gasteiger partial charge in [-0.25, -0.2) is 0 Å². The fourth-order valence-electron chi connectivity index (χ4n) is 1.84. The molecule has 5 nitrogen and oxygen atoms in total. The maximum absolute atomic E-state index is 11.2. The van der Waals surface area contributed by atoms with Crippen LogP contribution in [0.15, 0.2) is 18.2 Å². The summed E-state index contributed by atoms with van der Waals surface area (Å²) in [5.74, 6) is 0.582. The first-order valence-corrected chi connectivity index (χ1v) is 6.37. The molecule has 0 saturated carbocycles. The first-order valence-electron chi connectivity index (χ1n) is 6.37. The molecule has 1 aromatic rings. The molecule has 1 amide bonds. The topological polar surface area (TPSA) is 70.6 Å². The van der Waals surface area contributed by atoms with E-state index in [0.29, 0.717) is 12.3 Å².